The third kappa shape index (κ3) is 8.84. The molecule has 236 valence electrons. The van der Waals surface area contributed by atoms with E-state index in [0.717, 1.165) is 15.9 Å². The number of hydrogen-bond donors (Lipinski definition) is 1. The zero-order valence-corrected chi connectivity index (χ0v) is 27.4. The lowest BCUT2D eigenvalue weighted by Crippen LogP contribution is -2.56. The topological polar surface area (TPSA) is 86.8 Å². The number of sulfonamides is 1. The Morgan fingerprint density at radius 2 is 1.47 bits per heavy atom. The number of amides is 2. The predicted octanol–water partition coefficient (Wildman–Crippen LogP) is 6.88. The van der Waals surface area contributed by atoms with Gasteiger partial charge in [-0.1, -0.05) is 89.9 Å². The van der Waals surface area contributed by atoms with Gasteiger partial charge < -0.3 is 10.2 Å². The van der Waals surface area contributed by atoms with Gasteiger partial charge in [0.25, 0.3) is 10.0 Å². The van der Waals surface area contributed by atoms with E-state index >= 15 is 4.39 Å². The van der Waals surface area contributed by atoms with E-state index in [0.29, 0.717) is 10.6 Å². The van der Waals surface area contributed by atoms with E-state index in [-0.39, 0.29) is 28.6 Å². The number of rotatable bonds is 11. The number of benzene rings is 4. The number of carbonyl (C=O) groups is 2. The van der Waals surface area contributed by atoms with Gasteiger partial charge in [-0.15, -0.1) is 0 Å². The minimum Gasteiger partial charge on any atom is -0.350 e. The summed E-state index contributed by atoms with van der Waals surface area (Å²) >= 11 is 12.7. The Kier molecular flexibility index (Phi) is 10.9. The second-order valence-corrected chi connectivity index (χ2v) is 14.2. The molecule has 0 aliphatic rings. The Hall–Kier alpha value is -3.92. The molecule has 1 atom stereocenters. The van der Waals surface area contributed by atoms with Crippen LogP contribution in [0.2, 0.25) is 10.0 Å². The number of halogens is 3. The zero-order chi connectivity index (χ0) is 32.8. The van der Waals surface area contributed by atoms with Crippen molar-refractivity contribution in [3.63, 3.8) is 0 Å². The Morgan fingerprint density at radius 1 is 0.867 bits per heavy atom. The van der Waals surface area contributed by atoms with Gasteiger partial charge in [-0.2, -0.15) is 0 Å². The fraction of sp³-hybridized carbons (Fsp3) is 0.235. The summed E-state index contributed by atoms with van der Waals surface area (Å²) < 4.78 is 43.8. The normalized spacial score (nSPS) is 12.3. The summed E-state index contributed by atoms with van der Waals surface area (Å²) in [5.74, 6) is -2.02. The van der Waals surface area contributed by atoms with E-state index in [9.17, 15) is 18.0 Å². The van der Waals surface area contributed by atoms with Crippen molar-refractivity contribution in [3.05, 3.63) is 130 Å². The standard InChI is InChI=1S/C34H34Cl2FN3O4S/c1-34(2,3)38-33(42)31(20-24-12-6-4-7-13-24)39(22-25-18-19-26(35)21-28(25)36)32(41)23-40(30-17-11-10-16-29(30)37)45(43,44)27-14-8-5-9-15-27/h4-19,21,31H,20,22-23H2,1-3H3,(H,38,42). The van der Waals surface area contributed by atoms with Crippen molar-refractivity contribution in [1.29, 1.82) is 0 Å². The number of nitrogens with one attached hydrogen (secondary N) is 1. The highest BCUT2D eigenvalue weighted by Crippen LogP contribution is 2.28. The molecule has 1 N–H and O–H groups in total. The van der Waals surface area contributed by atoms with Crippen LogP contribution in [0.1, 0.15) is 31.9 Å². The quantitative estimate of drug-likeness (QED) is 0.189. The van der Waals surface area contributed by atoms with Gasteiger partial charge in [-0.25, -0.2) is 12.8 Å². The van der Waals surface area contributed by atoms with Crippen LogP contribution in [0, 0.1) is 5.82 Å². The van der Waals surface area contributed by atoms with E-state index in [2.05, 4.69) is 5.32 Å². The van der Waals surface area contributed by atoms with Crippen molar-refractivity contribution < 1.29 is 22.4 Å². The SMILES string of the molecule is CC(C)(C)NC(=O)C(Cc1ccccc1)N(Cc1ccc(Cl)cc1Cl)C(=O)CN(c1ccccc1F)S(=O)(=O)c1ccccc1. The largest absolute Gasteiger partial charge is 0.350 e. The van der Waals surface area contributed by atoms with Crippen molar-refractivity contribution in [3.8, 4) is 0 Å². The molecule has 11 heteroatoms. The van der Waals surface area contributed by atoms with Crippen LogP contribution in [0.15, 0.2) is 108 Å². The molecule has 0 spiro atoms. The molecule has 0 heterocycles. The molecular formula is C34H34Cl2FN3O4S. The molecule has 0 aliphatic heterocycles. The fourth-order valence-electron chi connectivity index (χ4n) is 4.73. The molecule has 1 unspecified atom stereocenters. The summed E-state index contributed by atoms with van der Waals surface area (Å²) in [5, 5.41) is 3.60. The van der Waals surface area contributed by atoms with Crippen LogP contribution < -0.4 is 9.62 Å². The molecule has 0 bridgehead atoms. The van der Waals surface area contributed by atoms with Crippen LogP contribution in [-0.4, -0.2) is 43.3 Å². The highest BCUT2D eigenvalue weighted by atomic mass is 35.5. The average Bonchev–Trinajstić information content (AvgIpc) is 2.99. The Morgan fingerprint density at radius 3 is 2.07 bits per heavy atom. The van der Waals surface area contributed by atoms with Crippen molar-refractivity contribution in [2.45, 2.75) is 50.2 Å². The molecule has 0 saturated heterocycles. The molecule has 45 heavy (non-hydrogen) atoms. The van der Waals surface area contributed by atoms with Crippen LogP contribution in [0.4, 0.5) is 10.1 Å². The summed E-state index contributed by atoms with van der Waals surface area (Å²) in [7, 11) is -4.42. The highest BCUT2D eigenvalue weighted by molar-refractivity contribution is 7.92. The molecule has 0 fully saturated rings. The molecule has 0 aromatic heterocycles. The maximum atomic E-state index is 15.2. The first-order chi connectivity index (χ1) is 21.3. The van der Waals surface area contributed by atoms with Gasteiger partial charge in [0.2, 0.25) is 11.8 Å². The summed E-state index contributed by atoms with van der Waals surface area (Å²) in [6, 6.07) is 25.6. The lowest BCUT2D eigenvalue weighted by molar-refractivity contribution is -0.140. The molecule has 2 amide bonds. The molecule has 7 nitrogen and oxygen atoms in total. The number of carbonyl (C=O) groups excluding carboxylic acids is 2. The monoisotopic (exact) mass is 669 g/mol. The molecular weight excluding hydrogens is 636 g/mol. The molecule has 4 rings (SSSR count). The van der Waals surface area contributed by atoms with Gasteiger partial charge >= 0.3 is 0 Å². The number of anilines is 1. The van der Waals surface area contributed by atoms with Gasteiger partial charge in [-0.3, -0.25) is 13.9 Å². The maximum Gasteiger partial charge on any atom is 0.264 e. The number of para-hydroxylation sites is 1. The van der Waals surface area contributed by atoms with Crippen LogP contribution in [0.3, 0.4) is 0 Å². The molecule has 0 radical (unpaired) electrons. The molecule has 0 aliphatic carbocycles. The van der Waals surface area contributed by atoms with E-state index in [1.54, 1.807) is 18.2 Å². The average molecular weight is 671 g/mol. The van der Waals surface area contributed by atoms with Crippen LogP contribution >= 0.6 is 23.2 Å². The first kappa shape index (κ1) is 34.0. The smallest absolute Gasteiger partial charge is 0.264 e. The van der Waals surface area contributed by atoms with Crippen molar-refractivity contribution in [2.24, 2.45) is 0 Å². The lowest BCUT2D eigenvalue weighted by Gasteiger charge is -2.35. The molecule has 4 aromatic rings. The summed E-state index contributed by atoms with van der Waals surface area (Å²) in [4.78, 5) is 29.5. The third-order valence-corrected chi connectivity index (χ3v) is 9.22. The van der Waals surface area contributed by atoms with E-state index in [1.807, 2.05) is 51.1 Å². The molecule has 0 saturated carbocycles. The minimum atomic E-state index is -4.42. The number of hydrogen-bond acceptors (Lipinski definition) is 4. The van der Waals surface area contributed by atoms with Gasteiger partial charge in [0, 0.05) is 28.5 Å². The van der Waals surface area contributed by atoms with E-state index in [4.69, 9.17) is 23.2 Å². The van der Waals surface area contributed by atoms with Crippen LogP contribution in [-0.2, 0) is 32.6 Å². The van der Waals surface area contributed by atoms with Gasteiger partial charge in [0.05, 0.1) is 10.6 Å². The summed E-state index contributed by atoms with van der Waals surface area (Å²) in [5.41, 5.74) is 0.306. The first-order valence-electron chi connectivity index (χ1n) is 14.2. The predicted molar refractivity (Wildman–Crippen MR) is 176 cm³/mol. The summed E-state index contributed by atoms with van der Waals surface area (Å²) in [6.07, 6.45) is 0.116. The lowest BCUT2D eigenvalue weighted by atomic mass is 10.0. The van der Waals surface area contributed by atoms with Crippen LogP contribution in [0.25, 0.3) is 0 Å². The van der Waals surface area contributed by atoms with Gasteiger partial charge in [0.15, 0.2) is 0 Å². The van der Waals surface area contributed by atoms with Gasteiger partial charge in [0.1, 0.15) is 18.4 Å². The van der Waals surface area contributed by atoms with E-state index < -0.39 is 45.8 Å². The second-order valence-electron chi connectivity index (χ2n) is 11.5. The summed E-state index contributed by atoms with van der Waals surface area (Å²) in [6.45, 7) is 4.51. The van der Waals surface area contributed by atoms with Crippen LogP contribution in [0.5, 0.6) is 0 Å². The maximum absolute atomic E-state index is 15.2. The highest BCUT2D eigenvalue weighted by Gasteiger charge is 2.36. The third-order valence-electron chi connectivity index (χ3n) is 6.86. The van der Waals surface area contributed by atoms with Gasteiger partial charge in [-0.05, 0) is 68.3 Å². The van der Waals surface area contributed by atoms with E-state index in [1.165, 1.54) is 53.4 Å². The zero-order valence-electron chi connectivity index (χ0n) is 25.1. The fourth-order valence-corrected chi connectivity index (χ4v) is 6.64. The Balaban J connectivity index is 1.84. The first-order valence-corrected chi connectivity index (χ1v) is 16.4. The minimum absolute atomic E-state index is 0.116. The van der Waals surface area contributed by atoms with Crippen molar-refractivity contribution in [2.75, 3.05) is 10.8 Å². The second kappa shape index (κ2) is 14.5. The Labute approximate surface area is 273 Å². The van der Waals surface area contributed by atoms with Crippen molar-refractivity contribution in [1.82, 2.24) is 10.2 Å². The number of nitrogens with zero attached hydrogens (tertiary/aromatic N) is 2. The molecule has 4 aromatic carbocycles. The van der Waals surface area contributed by atoms with Crippen molar-refractivity contribution >= 4 is 50.7 Å². The Bertz CT molecular complexity index is 1750.